The molecule has 1 aliphatic rings. The smallest absolute Gasteiger partial charge is 0.433 e. The van der Waals surface area contributed by atoms with Crippen molar-refractivity contribution in [2.75, 3.05) is 13.7 Å². The summed E-state index contributed by atoms with van der Waals surface area (Å²) in [7, 11) is 1.34. The summed E-state index contributed by atoms with van der Waals surface area (Å²) in [4.78, 5) is 16.0. The number of nitrogens with zero attached hydrogens (tertiary/aromatic N) is 1. The highest BCUT2D eigenvalue weighted by Crippen LogP contribution is 2.39. The fraction of sp³-hybridized carbons (Fsp3) is 0.400. The number of methoxy groups -OCH3 is 1. The van der Waals surface area contributed by atoms with Crippen molar-refractivity contribution in [2.45, 2.75) is 31.4 Å². The molecule has 1 N–H and O–H groups in total. The SMILES string of the molecule is COc1cccc(F)c1C(=O)NCC(CC1CC1)c1ccc(C(F)(F)F)nc1. The Morgan fingerprint density at radius 2 is 2.04 bits per heavy atom. The van der Waals surface area contributed by atoms with Gasteiger partial charge in [-0.15, -0.1) is 0 Å². The predicted octanol–water partition coefficient (Wildman–Crippen LogP) is 4.56. The number of halogens is 4. The molecule has 2 aromatic rings. The Labute approximate surface area is 159 Å². The van der Waals surface area contributed by atoms with Crippen LogP contribution in [0.4, 0.5) is 17.6 Å². The standard InChI is InChI=1S/C20H20F4N2O2/c1-28-16-4-2-3-15(21)18(16)19(27)26-11-14(9-12-5-6-12)13-7-8-17(25-10-13)20(22,23)24/h2-4,7-8,10,12,14H,5-6,9,11H2,1H3,(H,26,27). The molecule has 0 spiro atoms. The molecule has 0 aliphatic heterocycles. The van der Waals surface area contributed by atoms with Gasteiger partial charge in [0.15, 0.2) is 0 Å². The normalized spacial score (nSPS) is 15.2. The fourth-order valence-corrected chi connectivity index (χ4v) is 3.11. The molecule has 1 amide bonds. The van der Waals surface area contributed by atoms with E-state index in [1.54, 1.807) is 0 Å². The molecule has 1 aliphatic carbocycles. The zero-order valence-corrected chi connectivity index (χ0v) is 15.2. The number of benzene rings is 1. The summed E-state index contributed by atoms with van der Waals surface area (Å²) in [6.45, 7) is 0.167. The highest BCUT2D eigenvalue weighted by Gasteiger charge is 2.33. The summed E-state index contributed by atoms with van der Waals surface area (Å²) in [5, 5.41) is 2.68. The number of carbonyl (C=O) groups is 1. The second-order valence-electron chi connectivity index (χ2n) is 6.88. The first-order chi connectivity index (χ1) is 13.3. The average molecular weight is 396 g/mol. The molecule has 1 unspecified atom stereocenters. The van der Waals surface area contributed by atoms with Crippen molar-refractivity contribution < 1.29 is 27.1 Å². The summed E-state index contributed by atoms with van der Waals surface area (Å²) < 4.78 is 57.3. The molecule has 1 heterocycles. The Hall–Kier alpha value is -2.64. The number of hydrogen-bond donors (Lipinski definition) is 1. The number of amides is 1. The van der Waals surface area contributed by atoms with E-state index in [0.717, 1.165) is 25.3 Å². The molecule has 4 nitrogen and oxygen atoms in total. The monoisotopic (exact) mass is 396 g/mol. The first-order valence-corrected chi connectivity index (χ1v) is 8.93. The predicted molar refractivity (Wildman–Crippen MR) is 94.6 cm³/mol. The molecule has 28 heavy (non-hydrogen) atoms. The van der Waals surface area contributed by atoms with Crippen molar-refractivity contribution >= 4 is 5.91 Å². The summed E-state index contributed by atoms with van der Waals surface area (Å²) in [5.41, 5.74) is -0.539. The Morgan fingerprint density at radius 3 is 2.61 bits per heavy atom. The summed E-state index contributed by atoms with van der Waals surface area (Å²) in [6, 6.07) is 6.42. The van der Waals surface area contributed by atoms with Crippen LogP contribution >= 0.6 is 0 Å². The number of pyridine rings is 1. The zero-order chi connectivity index (χ0) is 20.3. The Bertz CT molecular complexity index is 833. The molecular formula is C20H20F4N2O2. The van der Waals surface area contributed by atoms with E-state index in [2.05, 4.69) is 10.3 Å². The van der Waals surface area contributed by atoms with Crippen LogP contribution < -0.4 is 10.1 Å². The number of hydrogen-bond acceptors (Lipinski definition) is 3. The van der Waals surface area contributed by atoms with Gasteiger partial charge < -0.3 is 10.1 Å². The van der Waals surface area contributed by atoms with Gasteiger partial charge in [-0.1, -0.05) is 25.0 Å². The maximum Gasteiger partial charge on any atom is 0.433 e. The van der Waals surface area contributed by atoms with Crippen molar-refractivity contribution in [1.82, 2.24) is 10.3 Å². The number of carbonyl (C=O) groups excluding carboxylic acids is 1. The zero-order valence-electron chi connectivity index (χ0n) is 15.2. The fourth-order valence-electron chi connectivity index (χ4n) is 3.11. The van der Waals surface area contributed by atoms with Gasteiger partial charge in [-0.2, -0.15) is 13.2 Å². The van der Waals surface area contributed by atoms with Crippen LogP contribution in [0, 0.1) is 11.7 Å². The Morgan fingerprint density at radius 1 is 1.29 bits per heavy atom. The molecule has 0 bridgehead atoms. The summed E-state index contributed by atoms with van der Waals surface area (Å²) >= 11 is 0. The van der Waals surface area contributed by atoms with E-state index in [4.69, 9.17) is 4.74 Å². The van der Waals surface area contributed by atoms with Crippen molar-refractivity contribution in [3.63, 3.8) is 0 Å². The Balaban J connectivity index is 1.74. The van der Waals surface area contributed by atoms with Crippen molar-refractivity contribution in [3.05, 3.63) is 59.2 Å². The number of alkyl halides is 3. The van der Waals surface area contributed by atoms with Crippen molar-refractivity contribution in [3.8, 4) is 5.75 Å². The van der Waals surface area contributed by atoms with Crippen LogP contribution in [-0.2, 0) is 6.18 Å². The molecule has 1 saturated carbocycles. The third-order valence-corrected chi connectivity index (χ3v) is 4.79. The largest absolute Gasteiger partial charge is 0.496 e. The van der Waals surface area contributed by atoms with Crippen LogP contribution in [0.3, 0.4) is 0 Å². The van der Waals surface area contributed by atoms with Crippen LogP contribution in [-0.4, -0.2) is 24.5 Å². The van der Waals surface area contributed by atoms with Crippen LogP contribution in [0.15, 0.2) is 36.5 Å². The molecule has 150 valence electrons. The van der Waals surface area contributed by atoms with E-state index in [1.807, 2.05) is 0 Å². The van der Waals surface area contributed by atoms with E-state index in [1.165, 1.54) is 37.6 Å². The third-order valence-electron chi connectivity index (χ3n) is 4.79. The lowest BCUT2D eigenvalue weighted by Gasteiger charge is -2.19. The molecule has 0 saturated heterocycles. The van der Waals surface area contributed by atoms with E-state index in [9.17, 15) is 22.4 Å². The molecule has 1 fully saturated rings. The third kappa shape index (κ3) is 4.79. The van der Waals surface area contributed by atoms with Gasteiger partial charge in [0, 0.05) is 18.7 Å². The van der Waals surface area contributed by atoms with Gasteiger partial charge in [-0.05, 0) is 36.1 Å². The van der Waals surface area contributed by atoms with Crippen molar-refractivity contribution in [2.24, 2.45) is 5.92 Å². The van der Waals surface area contributed by atoms with Crippen LogP contribution in [0.2, 0.25) is 0 Å². The van der Waals surface area contributed by atoms with E-state index in [0.29, 0.717) is 11.5 Å². The molecule has 3 rings (SSSR count). The summed E-state index contributed by atoms with van der Waals surface area (Å²) in [6.07, 6.45) is -0.465. The molecule has 1 aromatic heterocycles. The lowest BCUT2D eigenvalue weighted by Crippen LogP contribution is -2.30. The van der Waals surface area contributed by atoms with Gasteiger partial charge in [0.05, 0.1) is 7.11 Å². The first kappa shape index (κ1) is 20.1. The highest BCUT2D eigenvalue weighted by molar-refractivity contribution is 5.97. The molecular weight excluding hydrogens is 376 g/mol. The molecule has 1 atom stereocenters. The number of ether oxygens (including phenoxy) is 1. The minimum atomic E-state index is -4.50. The number of nitrogens with one attached hydrogen (secondary N) is 1. The van der Waals surface area contributed by atoms with Crippen LogP contribution in [0.1, 0.15) is 46.8 Å². The Kier molecular flexibility index (Phi) is 5.86. The topological polar surface area (TPSA) is 51.2 Å². The van der Waals surface area contributed by atoms with E-state index >= 15 is 0 Å². The minimum absolute atomic E-state index is 0.118. The van der Waals surface area contributed by atoms with Gasteiger partial charge in [0.25, 0.3) is 5.91 Å². The maximum atomic E-state index is 14.1. The van der Waals surface area contributed by atoms with E-state index in [-0.39, 0.29) is 23.8 Å². The molecule has 0 radical (unpaired) electrons. The number of rotatable bonds is 7. The van der Waals surface area contributed by atoms with Gasteiger partial charge in [-0.25, -0.2) is 4.39 Å². The summed E-state index contributed by atoms with van der Waals surface area (Å²) in [5.74, 6) is -0.939. The number of aromatic nitrogens is 1. The molecule has 1 aromatic carbocycles. The lowest BCUT2D eigenvalue weighted by molar-refractivity contribution is -0.141. The minimum Gasteiger partial charge on any atom is -0.496 e. The van der Waals surface area contributed by atoms with Gasteiger partial charge in [0.1, 0.15) is 22.8 Å². The van der Waals surface area contributed by atoms with Crippen LogP contribution in [0.25, 0.3) is 0 Å². The van der Waals surface area contributed by atoms with E-state index < -0.39 is 23.6 Å². The second-order valence-corrected chi connectivity index (χ2v) is 6.88. The second kappa shape index (κ2) is 8.16. The maximum absolute atomic E-state index is 14.1. The van der Waals surface area contributed by atoms with Crippen LogP contribution in [0.5, 0.6) is 5.75 Å². The first-order valence-electron chi connectivity index (χ1n) is 8.93. The average Bonchev–Trinajstić information content (AvgIpc) is 3.48. The van der Waals surface area contributed by atoms with Gasteiger partial charge >= 0.3 is 6.18 Å². The lowest BCUT2D eigenvalue weighted by atomic mass is 9.94. The molecule has 8 heteroatoms. The van der Waals surface area contributed by atoms with Crippen molar-refractivity contribution in [1.29, 1.82) is 0 Å². The van der Waals surface area contributed by atoms with Gasteiger partial charge in [-0.3, -0.25) is 9.78 Å². The quantitative estimate of drug-likeness (QED) is 0.698. The van der Waals surface area contributed by atoms with Gasteiger partial charge in [0.2, 0.25) is 0 Å². The highest BCUT2D eigenvalue weighted by atomic mass is 19.4.